The van der Waals surface area contributed by atoms with Crippen LogP contribution in [0.5, 0.6) is 0 Å². The monoisotopic (exact) mass is 493 g/mol. The molecule has 2 N–H and O–H groups in total. The number of carbonyl (C=O) groups excluding carboxylic acids is 2. The third-order valence-corrected chi connectivity index (χ3v) is 6.55. The maximum Gasteiger partial charge on any atom is 0.228 e. The fraction of sp³-hybridized carbons (Fsp3) is 0.440. The second-order valence-electron chi connectivity index (χ2n) is 9.10. The van der Waals surface area contributed by atoms with Crippen molar-refractivity contribution in [3.8, 4) is 11.3 Å². The number of pyridine rings is 2. The largest absolute Gasteiger partial charge is 0.380 e. The third kappa shape index (κ3) is 4.19. The number of aromatic nitrogens is 5. The van der Waals surface area contributed by atoms with Gasteiger partial charge in [0.15, 0.2) is 11.6 Å². The SMILES string of the molecule is [2H]C([2H])([2H])CC(=O)c1cnc(NC(=O)C2CC2)cc1Nc1ncc(COC)c2c1N(C)[C@@H](C)c1nn(C)nc1-2. The van der Waals surface area contributed by atoms with E-state index in [-0.39, 0.29) is 34.9 Å². The summed E-state index contributed by atoms with van der Waals surface area (Å²) in [5.41, 5.74) is 4.21. The second kappa shape index (κ2) is 9.30. The van der Waals surface area contributed by atoms with Gasteiger partial charge >= 0.3 is 0 Å². The van der Waals surface area contributed by atoms with E-state index in [0.29, 0.717) is 18.1 Å². The summed E-state index contributed by atoms with van der Waals surface area (Å²) in [5, 5.41) is 15.2. The van der Waals surface area contributed by atoms with Gasteiger partial charge < -0.3 is 20.3 Å². The quantitative estimate of drug-likeness (QED) is 0.452. The van der Waals surface area contributed by atoms with Gasteiger partial charge in [0.05, 0.1) is 29.6 Å². The number of nitrogens with one attached hydrogen (secondary N) is 2. The molecule has 11 heteroatoms. The van der Waals surface area contributed by atoms with E-state index in [9.17, 15) is 9.59 Å². The highest BCUT2D eigenvalue weighted by molar-refractivity contribution is 6.03. The van der Waals surface area contributed by atoms with Crippen molar-refractivity contribution in [2.24, 2.45) is 13.0 Å². The Bertz CT molecular complexity index is 1450. The molecule has 3 aromatic rings. The van der Waals surface area contributed by atoms with Crippen molar-refractivity contribution in [2.45, 2.75) is 45.7 Å². The van der Waals surface area contributed by atoms with Crippen LogP contribution in [-0.4, -0.2) is 50.8 Å². The molecule has 1 fully saturated rings. The Morgan fingerprint density at radius 1 is 1.22 bits per heavy atom. The third-order valence-electron chi connectivity index (χ3n) is 6.55. The number of Topliss-reactive ketones (excluding diaryl/α,β-unsaturated/α-hetero) is 1. The van der Waals surface area contributed by atoms with Gasteiger partial charge in [0.1, 0.15) is 17.2 Å². The lowest BCUT2D eigenvalue weighted by Gasteiger charge is -2.34. The number of methoxy groups -OCH3 is 1. The Morgan fingerprint density at radius 3 is 2.75 bits per heavy atom. The number of ether oxygens (including phenoxy) is 1. The number of amides is 1. The first kappa shape index (κ1) is 20.3. The molecule has 36 heavy (non-hydrogen) atoms. The van der Waals surface area contributed by atoms with Crippen molar-refractivity contribution in [1.82, 2.24) is 25.0 Å². The van der Waals surface area contributed by atoms with E-state index in [1.807, 2.05) is 18.9 Å². The summed E-state index contributed by atoms with van der Waals surface area (Å²) >= 11 is 0. The van der Waals surface area contributed by atoms with Crippen molar-refractivity contribution in [1.29, 1.82) is 0 Å². The lowest BCUT2D eigenvalue weighted by atomic mass is 9.95. The predicted octanol–water partition coefficient (Wildman–Crippen LogP) is 3.61. The summed E-state index contributed by atoms with van der Waals surface area (Å²) in [6.45, 7) is -0.153. The second-order valence-corrected chi connectivity index (χ2v) is 9.10. The van der Waals surface area contributed by atoms with Crippen LogP contribution < -0.4 is 15.5 Å². The molecule has 4 heterocycles. The van der Waals surface area contributed by atoms with Gasteiger partial charge in [-0.25, -0.2) is 9.97 Å². The molecule has 2 aliphatic rings. The van der Waals surface area contributed by atoms with E-state index in [4.69, 9.17) is 8.85 Å². The zero-order valence-electron chi connectivity index (χ0n) is 23.6. The lowest BCUT2D eigenvalue weighted by Crippen LogP contribution is -2.28. The molecule has 0 radical (unpaired) electrons. The Labute approximate surface area is 213 Å². The van der Waals surface area contributed by atoms with Crippen molar-refractivity contribution < 1.29 is 18.4 Å². The van der Waals surface area contributed by atoms with Crippen LogP contribution in [0, 0.1) is 5.92 Å². The van der Waals surface area contributed by atoms with Gasteiger partial charge in [0.25, 0.3) is 0 Å². The first-order valence-corrected chi connectivity index (χ1v) is 11.7. The summed E-state index contributed by atoms with van der Waals surface area (Å²) in [7, 11) is 5.28. The van der Waals surface area contributed by atoms with E-state index >= 15 is 0 Å². The first-order valence-electron chi connectivity index (χ1n) is 13.2. The van der Waals surface area contributed by atoms with Gasteiger partial charge in [-0.3, -0.25) is 9.59 Å². The number of fused-ring (bicyclic) bond motifs is 3. The molecule has 1 aliphatic heterocycles. The molecule has 1 amide bonds. The average molecular weight is 494 g/mol. The number of ketones is 1. The van der Waals surface area contributed by atoms with Gasteiger partial charge in [-0.1, -0.05) is 6.85 Å². The summed E-state index contributed by atoms with van der Waals surface area (Å²) in [6.07, 6.45) is 3.96. The topological polar surface area (TPSA) is 127 Å². The fourth-order valence-electron chi connectivity index (χ4n) is 4.41. The highest BCUT2D eigenvalue weighted by Crippen LogP contribution is 2.47. The number of carbonyl (C=O) groups is 2. The Kier molecular flexibility index (Phi) is 5.26. The first-order chi connectivity index (χ1) is 18.5. The minimum Gasteiger partial charge on any atom is -0.380 e. The van der Waals surface area contributed by atoms with Crippen LogP contribution in [0.2, 0.25) is 0 Å². The smallest absolute Gasteiger partial charge is 0.228 e. The Hall–Kier alpha value is -3.86. The van der Waals surface area contributed by atoms with Crippen molar-refractivity contribution in [3.05, 3.63) is 35.3 Å². The molecule has 5 rings (SSSR count). The predicted molar refractivity (Wildman–Crippen MR) is 135 cm³/mol. The van der Waals surface area contributed by atoms with Gasteiger partial charge in [-0.05, 0) is 19.8 Å². The normalized spacial score (nSPS) is 17.9. The van der Waals surface area contributed by atoms with Crippen molar-refractivity contribution >= 4 is 34.7 Å². The van der Waals surface area contributed by atoms with Crippen molar-refractivity contribution in [3.63, 3.8) is 0 Å². The molecule has 0 unspecified atom stereocenters. The summed E-state index contributed by atoms with van der Waals surface area (Å²) in [6, 6.07) is 1.40. The molecule has 11 nitrogen and oxygen atoms in total. The van der Waals surface area contributed by atoms with Crippen LogP contribution in [0.4, 0.5) is 23.0 Å². The van der Waals surface area contributed by atoms with Crippen LogP contribution in [0.15, 0.2) is 18.5 Å². The molecule has 0 saturated heterocycles. The number of nitrogens with zero attached hydrogens (tertiary/aromatic N) is 6. The van der Waals surface area contributed by atoms with E-state index < -0.39 is 19.1 Å². The zero-order valence-corrected chi connectivity index (χ0v) is 20.6. The molecule has 0 bridgehead atoms. The van der Waals surface area contributed by atoms with Gasteiger partial charge in [0, 0.05) is 67.2 Å². The highest BCUT2D eigenvalue weighted by atomic mass is 16.5. The number of hydrogen-bond donors (Lipinski definition) is 2. The molecule has 1 aliphatic carbocycles. The van der Waals surface area contributed by atoms with Crippen LogP contribution >= 0.6 is 0 Å². The average Bonchev–Trinajstić information content (AvgIpc) is 3.64. The minimum atomic E-state index is -2.45. The molecular weight excluding hydrogens is 460 g/mol. The minimum absolute atomic E-state index is 0.0431. The van der Waals surface area contributed by atoms with Crippen LogP contribution in [0.1, 0.15) is 64.8 Å². The Morgan fingerprint density at radius 2 is 2.03 bits per heavy atom. The maximum atomic E-state index is 13.0. The standard InChI is InChI=1S/C25H30N8O3/c1-6-18(34)16-11-26-19(29-25(35)14-7-8-14)9-17(16)28-24-23-20(15(10-27-24)12-36-5)22-21(13(2)32(23)3)30-33(4)31-22/h9-11,13-14H,6-8,12H2,1-5H3,(H2,26,27,28,29,35)/t13-/m0/s1/i1D3. The Balaban J connectivity index is 1.62. The van der Waals surface area contributed by atoms with Gasteiger partial charge in [-0.2, -0.15) is 15.0 Å². The molecule has 1 atom stereocenters. The van der Waals surface area contributed by atoms with Gasteiger partial charge in [-0.15, -0.1) is 0 Å². The maximum absolute atomic E-state index is 13.0. The number of aryl methyl sites for hydroxylation is 1. The van der Waals surface area contributed by atoms with Crippen LogP contribution in [0.3, 0.4) is 0 Å². The fourth-order valence-corrected chi connectivity index (χ4v) is 4.41. The molecule has 0 spiro atoms. The number of rotatable bonds is 8. The van der Waals surface area contributed by atoms with Crippen LogP contribution in [-0.2, 0) is 23.2 Å². The van der Waals surface area contributed by atoms with E-state index in [1.54, 1.807) is 20.4 Å². The van der Waals surface area contributed by atoms with E-state index in [1.165, 1.54) is 17.1 Å². The summed E-state index contributed by atoms with van der Waals surface area (Å²) in [4.78, 5) is 37.8. The number of hydrogen-bond acceptors (Lipinski definition) is 9. The molecule has 1 saturated carbocycles. The zero-order chi connectivity index (χ0) is 28.1. The molecule has 0 aromatic carbocycles. The highest BCUT2D eigenvalue weighted by Gasteiger charge is 2.35. The molecule has 3 aromatic heterocycles. The summed E-state index contributed by atoms with van der Waals surface area (Å²) < 4.78 is 28.1. The molecular formula is C25H30N8O3. The van der Waals surface area contributed by atoms with Crippen LogP contribution in [0.25, 0.3) is 11.3 Å². The lowest BCUT2D eigenvalue weighted by molar-refractivity contribution is -0.117. The van der Waals surface area contributed by atoms with E-state index in [2.05, 4.69) is 30.8 Å². The van der Waals surface area contributed by atoms with E-state index in [0.717, 1.165) is 35.3 Å². The number of anilines is 4. The molecule has 188 valence electrons. The summed E-state index contributed by atoms with van der Waals surface area (Å²) in [5.74, 6) is -0.115. The van der Waals surface area contributed by atoms with Crippen molar-refractivity contribution in [2.75, 3.05) is 29.7 Å². The van der Waals surface area contributed by atoms with Gasteiger partial charge in [0.2, 0.25) is 5.91 Å².